The van der Waals surface area contributed by atoms with Crippen LogP contribution in [0, 0.1) is 0 Å². The van der Waals surface area contributed by atoms with E-state index in [9.17, 15) is 13.2 Å². The summed E-state index contributed by atoms with van der Waals surface area (Å²) in [6.07, 6.45) is 5.96. The number of sulfone groups is 1. The molecule has 3 aliphatic heterocycles. The predicted molar refractivity (Wildman–Crippen MR) is 174 cm³/mol. The molecule has 0 N–H and O–H groups in total. The first-order valence-corrected chi connectivity index (χ1v) is 17.5. The highest BCUT2D eigenvalue weighted by Crippen LogP contribution is 2.37. The summed E-state index contributed by atoms with van der Waals surface area (Å²) in [7, 11) is 0.762. The Morgan fingerprint density at radius 3 is 2.68 bits per heavy atom. The number of carbonyl (C=O) groups is 1. The molecule has 0 spiro atoms. The first-order chi connectivity index (χ1) is 21.1. The highest BCUT2D eigenvalue weighted by Gasteiger charge is 2.33. The number of rotatable bonds is 8. The van der Waals surface area contributed by atoms with Crippen LogP contribution < -0.4 is 14.5 Å². The molecule has 44 heavy (non-hydrogen) atoms. The molecule has 234 valence electrons. The molecule has 4 heterocycles. The molecule has 10 nitrogen and oxygen atoms in total. The van der Waals surface area contributed by atoms with Gasteiger partial charge in [0.1, 0.15) is 12.4 Å². The van der Waals surface area contributed by atoms with Crippen molar-refractivity contribution in [2.75, 3.05) is 62.9 Å². The minimum absolute atomic E-state index is 0.0216. The third-order valence-electron chi connectivity index (χ3n) is 9.09. The Morgan fingerprint density at radius 1 is 1.14 bits per heavy atom. The molecule has 2 saturated heterocycles. The maximum atomic E-state index is 12.7. The van der Waals surface area contributed by atoms with Gasteiger partial charge in [0.15, 0.2) is 9.84 Å². The summed E-state index contributed by atoms with van der Waals surface area (Å²) in [6, 6.07) is 13.0. The fraction of sp³-hybridized carbons (Fsp3) is 0.469. The van der Waals surface area contributed by atoms with Crippen LogP contribution in [-0.2, 0) is 27.6 Å². The number of fused-ring (bicyclic) bond motifs is 2. The van der Waals surface area contributed by atoms with Crippen molar-refractivity contribution in [2.24, 2.45) is 0 Å². The summed E-state index contributed by atoms with van der Waals surface area (Å²) in [4.78, 5) is 31.1. The van der Waals surface area contributed by atoms with E-state index in [-0.39, 0.29) is 11.9 Å². The SMILES string of the molecule is CN1CCC[C@H]1COc1nc2c(c(N(C)[C@H]3CCN(C(=O)/C=C/S(C)(=O)=O)C3)n1)CCN(c1cccc3cccc(Cl)c13)C2. The third-order valence-corrected chi connectivity index (χ3v) is 10.0. The van der Waals surface area contributed by atoms with Gasteiger partial charge in [-0.1, -0.05) is 35.9 Å². The van der Waals surface area contributed by atoms with Gasteiger partial charge in [-0.05, 0) is 56.8 Å². The molecule has 6 rings (SSSR count). The topological polar surface area (TPSA) is 99.2 Å². The number of aromatic nitrogens is 2. The van der Waals surface area contributed by atoms with Crippen molar-refractivity contribution in [1.29, 1.82) is 0 Å². The Kier molecular flexibility index (Phi) is 8.72. The number of nitrogens with zero attached hydrogens (tertiary/aromatic N) is 6. The van der Waals surface area contributed by atoms with E-state index < -0.39 is 9.84 Å². The van der Waals surface area contributed by atoms with Crippen LogP contribution >= 0.6 is 11.6 Å². The van der Waals surface area contributed by atoms with Crippen LogP contribution in [0.2, 0.25) is 5.02 Å². The number of hydrogen-bond donors (Lipinski definition) is 0. The predicted octanol–water partition coefficient (Wildman–Crippen LogP) is 3.91. The second kappa shape index (κ2) is 12.5. The molecule has 3 aliphatic rings. The van der Waals surface area contributed by atoms with Crippen molar-refractivity contribution < 1.29 is 17.9 Å². The van der Waals surface area contributed by atoms with E-state index in [0.29, 0.717) is 38.3 Å². The van der Waals surface area contributed by atoms with E-state index in [0.717, 1.165) is 95.1 Å². The lowest BCUT2D eigenvalue weighted by Crippen LogP contribution is -2.39. The molecule has 0 radical (unpaired) electrons. The molecule has 2 aromatic carbocycles. The normalized spacial score (nSPS) is 20.9. The molecule has 3 aromatic rings. The molecule has 0 saturated carbocycles. The standard InChI is InChI=1S/C32H39ClN6O4S/c1-36-15-6-9-24(36)21-43-32-34-27-20-38(28-11-5-8-22-7-4-10-26(33)30(22)28)17-13-25(27)31(35-32)37(2)23-12-16-39(19-23)29(40)14-18-44(3,41)42/h4-5,7-8,10-11,14,18,23-24H,6,9,12-13,15-17,19-21H2,1-3H3/b18-14+/t23-,24-/m0/s1. The Morgan fingerprint density at radius 2 is 1.93 bits per heavy atom. The summed E-state index contributed by atoms with van der Waals surface area (Å²) < 4.78 is 29.3. The molecule has 0 bridgehead atoms. The number of ether oxygens (including phenoxy) is 1. The Labute approximate surface area is 264 Å². The third kappa shape index (κ3) is 6.50. The lowest BCUT2D eigenvalue weighted by atomic mass is 10.0. The largest absolute Gasteiger partial charge is 0.462 e. The fourth-order valence-corrected chi connectivity index (χ4v) is 7.21. The van der Waals surface area contributed by atoms with Crippen LogP contribution in [0.5, 0.6) is 6.01 Å². The molecule has 1 amide bonds. The number of anilines is 2. The van der Waals surface area contributed by atoms with Crippen LogP contribution in [-0.4, -0.2) is 99.3 Å². The number of hydrogen-bond acceptors (Lipinski definition) is 9. The average Bonchev–Trinajstić information content (AvgIpc) is 3.66. The smallest absolute Gasteiger partial charge is 0.318 e. The number of likely N-dealkylation sites (tertiary alicyclic amines) is 2. The molecule has 1 aromatic heterocycles. The molecular weight excluding hydrogens is 600 g/mol. The lowest BCUT2D eigenvalue weighted by molar-refractivity contribution is -0.125. The Balaban J connectivity index is 1.29. The van der Waals surface area contributed by atoms with Crippen molar-refractivity contribution in [2.45, 2.75) is 44.3 Å². The van der Waals surface area contributed by atoms with Gasteiger partial charge in [0.05, 0.1) is 17.3 Å². The van der Waals surface area contributed by atoms with Crippen molar-refractivity contribution >= 4 is 49.6 Å². The lowest BCUT2D eigenvalue weighted by Gasteiger charge is -2.35. The van der Waals surface area contributed by atoms with Gasteiger partial charge in [-0.25, -0.2) is 8.42 Å². The number of amides is 1. The van der Waals surface area contributed by atoms with Gasteiger partial charge in [-0.15, -0.1) is 0 Å². The molecule has 2 fully saturated rings. The van der Waals surface area contributed by atoms with E-state index in [1.54, 1.807) is 4.90 Å². The zero-order valence-corrected chi connectivity index (χ0v) is 27.0. The van der Waals surface area contributed by atoms with Crippen LogP contribution in [0.15, 0.2) is 47.9 Å². The van der Waals surface area contributed by atoms with E-state index in [1.165, 1.54) is 0 Å². The summed E-state index contributed by atoms with van der Waals surface area (Å²) >= 11 is 6.69. The molecule has 12 heteroatoms. The Bertz CT molecular complexity index is 1690. The highest BCUT2D eigenvalue weighted by molar-refractivity contribution is 7.93. The summed E-state index contributed by atoms with van der Waals surface area (Å²) in [5.74, 6) is 0.525. The van der Waals surface area contributed by atoms with Crippen LogP contribution in [0.25, 0.3) is 10.8 Å². The molecule has 0 unspecified atom stereocenters. The summed E-state index contributed by atoms with van der Waals surface area (Å²) in [5.41, 5.74) is 3.09. The maximum Gasteiger partial charge on any atom is 0.318 e. The first-order valence-electron chi connectivity index (χ1n) is 15.1. The fourth-order valence-electron chi connectivity index (χ4n) is 6.57. The number of carbonyl (C=O) groups excluding carboxylic acids is 1. The zero-order chi connectivity index (χ0) is 31.0. The summed E-state index contributed by atoms with van der Waals surface area (Å²) in [6.45, 7) is 3.98. The van der Waals surface area contributed by atoms with Crippen molar-refractivity contribution in [3.63, 3.8) is 0 Å². The van der Waals surface area contributed by atoms with Gasteiger partial charge in [0.25, 0.3) is 0 Å². The van der Waals surface area contributed by atoms with E-state index in [4.69, 9.17) is 26.3 Å². The maximum absolute atomic E-state index is 12.7. The van der Waals surface area contributed by atoms with Gasteiger partial charge in [0, 0.05) is 73.1 Å². The molecule has 0 aliphatic carbocycles. The van der Waals surface area contributed by atoms with Crippen molar-refractivity contribution in [3.05, 3.63) is 64.2 Å². The number of benzene rings is 2. The quantitative estimate of drug-likeness (QED) is 0.340. The van der Waals surface area contributed by atoms with Crippen molar-refractivity contribution in [3.8, 4) is 6.01 Å². The van der Waals surface area contributed by atoms with Gasteiger partial charge < -0.3 is 24.3 Å². The number of likely N-dealkylation sites (N-methyl/N-ethyl adjacent to an activating group) is 2. The van der Waals surface area contributed by atoms with Gasteiger partial charge in [-0.2, -0.15) is 9.97 Å². The van der Waals surface area contributed by atoms with Gasteiger partial charge in [-0.3, -0.25) is 4.79 Å². The monoisotopic (exact) mass is 638 g/mol. The number of halogens is 1. The summed E-state index contributed by atoms with van der Waals surface area (Å²) in [5, 5.41) is 3.82. The van der Waals surface area contributed by atoms with Crippen molar-refractivity contribution in [1.82, 2.24) is 19.8 Å². The minimum atomic E-state index is -3.37. The van der Waals surface area contributed by atoms with Crippen LogP contribution in [0.3, 0.4) is 0 Å². The van der Waals surface area contributed by atoms with E-state index >= 15 is 0 Å². The Hall–Kier alpha value is -3.41. The van der Waals surface area contributed by atoms with E-state index in [1.807, 2.05) is 19.2 Å². The van der Waals surface area contributed by atoms with Gasteiger partial charge in [0.2, 0.25) is 5.91 Å². The highest BCUT2D eigenvalue weighted by atomic mass is 35.5. The second-order valence-electron chi connectivity index (χ2n) is 12.1. The first kappa shape index (κ1) is 30.6. The van der Waals surface area contributed by atoms with Crippen LogP contribution in [0.4, 0.5) is 11.5 Å². The van der Waals surface area contributed by atoms with Crippen LogP contribution in [0.1, 0.15) is 30.5 Å². The second-order valence-corrected chi connectivity index (χ2v) is 14.4. The van der Waals surface area contributed by atoms with E-state index in [2.05, 4.69) is 46.0 Å². The zero-order valence-electron chi connectivity index (χ0n) is 25.4. The molecule has 2 atom stereocenters. The van der Waals surface area contributed by atoms with Gasteiger partial charge >= 0.3 is 6.01 Å². The minimum Gasteiger partial charge on any atom is -0.462 e. The average molecular weight is 639 g/mol. The molecular formula is C32H39ClN6O4S.